The number of hydrogen-bond donors (Lipinski definition) is 3. The number of halogens is 1. The Morgan fingerprint density at radius 1 is 1.21 bits per heavy atom. The number of aromatic nitrogens is 2. The molecule has 0 spiro atoms. The first-order valence-electron chi connectivity index (χ1n) is 9.43. The highest BCUT2D eigenvalue weighted by Crippen LogP contribution is 2.22. The molecule has 0 saturated carbocycles. The summed E-state index contributed by atoms with van der Waals surface area (Å²) >= 11 is 0. The monoisotopic (exact) mass is 404 g/mol. The molecule has 1 aromatic carbocycles. The molecule has 28 heavy (non-hydrogen) atoms. The summed E-state index contributed by atoms with van der Waals surface area (Å²) in [6.45, 7) is 3.28. The molecule has 3 amide bonds. The maximum atomic E-state index is 12.6. The lowest BCUT2D eigenvalue weighted by molar-refractivity contribution is 0.102. The van der Waals surface area contributed by atoms with Gasteiger partial charge < -0.3 is 16.0 Å². The van der Waals surface area contributed by atoms with Gasteiger partial charge in [-0.25, -0.2) is 4.79 Å². The Morgan fingerprint density at radius 3 is 2.89 bits per heavy atom. The van der Waals surface area contributed by atoms with Crippen molar-refractivity contribution in [3.8, 4) is 0 Å². The summed E-state index contributed by atoms with van der Waals surface area (Å²) in [6, 6.07) is 9.25. The molecular formula is C19H25ClN6O2. The molecule has 2 fully saturated rings. The van der Waals surface area contributed by atoms with Crippen LogP contribution in [0, 0.1) is 0 Å². The molecular weight excluding hydrogens is 380 g/mol. The molecule has 1 unspecified atom stereocenters. The molecule has 0 radical (unpaired) electrons. The van der Waals surface area contributed by atoms with Crippen molar-refractivity contribution in [1.82, 2.24) is 20.4 Å². The molecule has 0 bridgehead atoms. The van der Waals surface area contributed by atoms with Gasteiger partial charge in [-0.2, -0.15) is 5.10 Å². The largest absolute Gasteiger partial charge is 0.338 e. The summed E-state index contributed by atoms with van der Waals surface area (Å²) in [5.74, 6) is -0.252. The number of carbonyl (C=O) groups excluding carboxylic acids is 2. The minimum absolute atomic E-state index is 0. The summed E-state index contributed by atoms with van der Waals surface area (Å²) < 4.78 is 1.87. The van der Waals surface area contributed by atoms with Crippen LogP contribution in [0.4, 0.5) is 16.2 Å². The van der Waals surface area contributed by atoms with E-state index in [2.05, 4.69) is 21.0 Å². The van der Waals surface area contributed by atoms with Gasteiger partial charge in [-0.3, -0.25) is 14.4 Å². The number of amides is 3. The third kappa shape index (κ3) is 4.45. The SMILES string of the molecule is Cl.O=C(Nc1cccc(N2CCCNC2=O)c1)c1ccn(C2CCCNC2)n1. The van der Waals surface area contributed by atoms with Crippen molar-refractivity contribution in [2.45, 2.75) is 25.3 Å². The Labute approximate surface area is 170 Å². The summed E-state index contributed by atoms with van der Waals surface area (Å²) in [7, 11) is 0. The highest BCUT2D eigenvalue weighted by molar-refractivity contribution is 6.03. The molecule has 4 rings (SSSR count). The Hall–Kier alpha value is -2.58. The Kier molecular flexibility index (Phi) is 6.53. The smallest absolute Gasteiger partial charge is 0.321 e. The zero-order valence-electron chi connectivity index (χ0n) is 15.6. The van der Waals surface area contributed by atoms with Crippen LogP contribution >= 0.6 is 12.4 Å². The second-order valence-electron chi connectivity index (χ2n) is 6.92. The average Bonchev–Trinajstić information content (AvgIpc) is 3.20. The van der Waals surface area contributed by atoms with Crippen LogP contribution in [0.25, 0.3) is 0 Å². The van der Waals surface area contributed by atoms with Gasteiger partial charge in [0.15, 0.2) is 5.69 Å². The Balaban J connectivity index is 0.00000225. The Bertz CT molecular complexity index is 833. The lowest BCUT2D eigenvalue weighted by Gasteiger charge is -2.27. The van der Waals surface area contributed by atoms with Crippen LogP contribution in [0.2, 0.25) is 0 Å². The molecule has 3 N–H and O–H groups in total. The number of hydrogen-bond acceptors (Lipinski definition) is 4. The zero-order valence-corrected chi connectivity index (χ0v) is 16.4. The first-order chi connectivity index (χ1) is 13.2. The minimum Gasteiger partial charge on any atom is -0.338 e. The number of rotatable bonds is 4. The first kappa shape index (κ1) is 20.2. The van der Waals surface area contributed by atoms with Crippen LogP contribution < -0.4 is 20.9 Å². The fourth-order valence-corrected chi connectivity index (χ4v) is 3.54. The normalized spacial score (nSPS) is 19.5. The van der Waals surface area contributed by atoms with Crippen molar-refractivity contribution >= 4 is 35.7 Å². The van der Waals surface area contributed by atoms with Crippen LogP contribution in [0.3, 0.4) is 0 Å². The van der Waals surface area contributed by atoms with E-state index >= 15 is 0 Å². The molecule has 1 aromatic heterocycles. The van der Waals surface area contributed by atoms with Crippen molar-refractivity contribution in [3.05, 3.63) is 42.2 Å². The van der Waals surface area contributed by atoms with Gasteiger partial charge in [-0.05, 0) is 50.1 Å². The molecule has 8 nitrogen and oxygen atoms in total. The minimum atomic E-state index is -0.252. The number of anilines is 2. The highest BCUT2D eigenvalue weighted by atomic mass is 35.5. The highest BCUT2D eigenvalue weighted by Gasteiger charge is 2.20. The summed E-state index contributed by atoms with van der Waals surface area (Å²) in [5, 5.41) is 13.5. The third-order valence-electron chi connectivity index (χ3n) is 4.98. The molecule has 9 heteroatoms. The number of nitrogens with one attached hydrogen (secondary N) is 3. The summed E-state index contributed by atoms with van der Waals surface area (Å²) in [6.07, 6.45) is 4.94. The van der Waals surface area contributed by atoms with E-state index < -0.39 is 0 Å². The van der Waals surface area contributed by atoms with Crippen molar-refractivity contribution in [1.29, 1.82) is 0 Å². The standard InChI is InChI=1S/C19H24N6O2.ClH/c26-18(17-7-11-25(23-17)16-6-2-8-20-13-16)22-14-4-1-5-15(12-14)24-10-3-9-21-19(24)27;/h1,4-5,7,11-12,16,20H,2-3,6,8-10,13H2,(H,21,27)(H,22,26);1H. The maximum absolute atomic E-state index is 12.6. The molecule has 2 aliphatic rings. The van der Waals surface area contributed by atoms with Crippen LogP contribution in [0.15, 0.2) is 36.5 Å². The van der Waals surface area contributed by atoms with Gasteiger partial charge in [0.2, 0.25) is 0 Å². The van der Waals surface area contributed by atoms with Crippen molar-refractivity contribution in [2.24, 2.45) is 0 Å². The molecule has 2 aromatic rings. The van der Waals surface area contributed by atoms with E-state index in [0.717, 1.165) is 38.0 Å². The third-order valence-corrected chi connectivity index (χ3v) is 4.98. The van der Waals surface area contributed by atoms with E-state index in [9.17, 15) is 9.59 Å². The lowest BCUT2D eigenvalue weighted by atomic mass is 10.1. The second kappa shape index (κ2) is 9.07. The van der Waals surface area contributed by atoms with Crippen molar-refractivity contribution < 1.29 is 9.59 Å². The average molecular weight is 405 g/mol. The molecule has 3 heterocycles. The van der Waals surface area contributed by atoms with E-state index in [1.54, 1.807) is 11.0 Å². The van der Waals surface area contributed by atoms with Crippen LogP contribution in [0.1, 0.15) is 35.8 Å². The van der Waals surface area contributed by atoms with Crippen molar-refractivity contribution in [2.75, 3.05) is 36.4 Å². The van der Waals surface area contributed by atoms with Gasteiger partial charge in [0.05, 0.1) is 6.04 Å². The van der Waals surface area contributed by atoms with Crippen LogP contribution in [-0.4, -0.2) is 47.9 Å². The Morgan fingerprint density at radius 2 is 2.11 bits per heavy atom. The predicted molar refractivity (Wildman–Crippen MR) is 110 cm³/mol. The van der Waals surface area contributed by atoms with Crippen molar-refractivity contribution in [3.63, 3.8) is 0 Å². The second-order valence-corrected chi connectivity index (χ2v) is 6.92. The van der Waals surface area contributed by atoms with Crippen LogP contribution in [-0.2, 0) is 0 Å². The van der Waals surface area contributed by atoms with Gasteiger partial charge >= 0.3 is 6.03 Å². The zero-order chi connectivity index (χ0) is 18.6. The van der Waals surface area contributed by atoms with E-state index in [1.165, 1.54) is 0 Å². The van der Waals surface area contributed by atoms with Gasteiger partial charge in [0.25, 0.3) is 5.91 Å². The quantitative estimate of drug-likeness (QED) is 0.729. The van der Waals surface area contributed by atoms with E-state index in [1.807, 2.05) is 35.1 Å². The van der Waals surface area contributed by atoms with E-state index in [0.29, 0.717) is 30.5 Å². The van der Waals surface area contributed by atoms with Crippen LogP contribution in [0.5, 0.6) is 0 Å². The molecule has 1 atom stereocenters. The molecule has 0 aliphatic carbocycles. The number of benzene rings is 1. The predicted octanol–water partition coefficient (Wildman–Crippen LogP) is 2.40. The molecule has 150 valence electrons. The molecule has 2 aliphatic heterocycles. The number of carbonyl (C=O) groups is 2. The van der Waals surface area contributed by atoms with Gasteiger partial charge in [0, 0.05) is 37.2 Å². The summed E-state index contributed by atoms with van der Waals surface area (Å²) in [4.78, 5) is 26.3. The number of urea groups is 1. The van der Waals surface area contributed by atoms with Gasteiger partial charge in [-0.15, -0.1) is 12.4 Å². The van der Waals surface area contributed by atoms with Gasteiger partial charge in [-0.1, -0.05) is 6.07 Å². The van der Waals surface area contributed by atoms with E-state index in [-0.39, 0.29) is 24.3 Å². The number of nitrogens with zero attached hydrogens (tertiary/aromatic N) is 3. The fourth-order valence-electron chi connectivity index (χ4n) is 3.54. The maximum Gasteiger partial charge on any atom is 0.321 e. The van der Waals surface area contributed by atoms with E-state index in [4.69, 9.17) is 0 Å². The van der Waals surface area contributed by atoms with Gasteiger partial charge in [0.1, 0.15) is 0 Å². The first-order valence-corrected chi connectivity index (χ1v) is 9.43. The topological polar surface area (TPSA) is 91.3 Å². The number of piperidine rings is 1. The lowest BCUT2D eigenvalue weighted by Crippen LogP contribution is -2.46. The molecule has 2 saturated heterocycles. The summed E-state index contributed by atoms with van der Waals surface area (Å²) in [5.41, 5.74) is 1.80. The fraction of sp³-hybridized carbons (Fsp3) is 0.421.